The van der Waals surface area contributed by atoms with E-state index < -0.39 is 53.3 Å². The zero-order valence-electron chi connectivity index (χ0n) is 13.4. The molecule has 3 saturated heterocycles. The van der Waals surface area contributed by atoms with E-state index in [0.29, 0.717) is 13.0 Å². The molecule has 2 bridgehead atoms. The van der Waals surface area contributed by atoms with Crippen LogP contribution in [0.3, 0.4) is 0 Å². The van der Waals surface area contributed by atoms with E-state index in [1.807, 2.05) is 0 Å². The molecule has 1 unspecified atom stereocenters. The number of urea groups is 1. The monoisotopic (exact) mass is 400 g/mol. The van der Waals surface area contributed by atoms with Gasteiger partial charge in [0.05, 0.1) is 12.6 Å². The smallest absolute Gasteiger partial charge is 0.314 e. The number of hydrogen-bond acceptors (Lipinski definition) is 7. The van der Waals surface area contributed by atoms with Crippen molar-refractivity contribution in [2.24, 2.45) is 0 Å². The predicted molar refractivity (Wildman–Crippen MR) is 78.8 cm³/mol. The highest BCUT2D eigenvalue weighted by Crippen LogP contribution is 2.41. The van der Waals surface area contributed by atoms with Crippen molar-refractivity contribution in [2.45, 2.75) is 43.4 Å². The van der Waals surface area contributed by atoms with Gasteiger partial charge in [0.2, 0.25) is 0 Å². The summed E-state index contributed by atoms with van der Waals surface area (Å²) < 4.78 is 62.8. The van der Waals surface area contributed by atoms with Crippen LogP contribution in [0, 0.1) is 0 Å². The van der Waals surface area contributed by atoms with Crippen LogP contribution in [-0.2, 0) is 24.3 Å². The summed E-state index contributed by atoms with van der Waals surface area (Å²) in [6, 6.07) is -4.77. The molecular weight excluding hydrogens is 382 g/mol. The Morgan fingerprint density at radius 1 is 1.42 bits per heavy atom. The van der Waals surface area contributed by atoms with Crippen LogP contribution >= 0.6 is 0 Å². The highest BCUT2D eigenvalue weighted by molar-refractivity contribution is 7.80. The summed E-state index contributed by atoms with van der Waals surface area (Å²) in [6.45, 7) is 0.669. The maximum atomic E-state index is 14.3. The van der Waals surface area contributed by atoms with E-state index in [1.54, 1.807) is 0 Å². The molecule has 14 heteroatoms. The predicted octanol–water partition coefficient (Wildman–Crippen LogP) is -0.966. The van der Waals surface area contributed by atoms with Gasteiger partial charge in [-0.3, -0.25) is 14.2 Å². The number of amides is 3. The number of nitrogens with one attached hydrogen (secondary N) is 2. The van der Waals surface area contributed by atoms with Gasteiger partial charge < -0.3 is 10.2 Å². The summed E-state index contributed by atoms with van der Waals surface area (Å²) >= 11 is 0. The van der Waals surface area contributed by atoms with Crippen LogP contribution in [0.15, 0.2) is 0 Å². The Bertz CT molecular complexity index is 685. The largest absolute Gasteiger partial charge is 0.418 e. The van der Waals surface area contributed by atoms with Crippen LogP contribution in [0.4, 0.5) is 13.6 Å². The SMILES string of the molecule is O=C(NOC1CCCNC1)[C@@H]1CC(F)(F)[C@@H]2CN1C(=O)N2OS(=O)(=O)O. The first-order chi connectivity index (χ1) is 12.1. The van der Waals surface area contributed by atoms with E-state index in [2.05, 4.69) is 15.1 Å². The molecule has 11 nitrogen and oxygen atoms in total. The molecule has 148 valence electrons. The summed E-state index contributed by atoms with van der Waals surface area (Å²) in [4.78, 5) is 30.3. The van der Waals surface area contributed by atoms with Crippen molar-refractivity contribution in [3.05, 3.63) is 0 Å². The standard InChI is InChI=1S/C12H18F2N4O7S/c13-12(14)4-8(10(19)16-24-7-2-1-3-15-5-7)17-6-9(12)18(11(17)20)25-26(21,22)23/h7-9,15H,1-6H2,(H,16,19)(H,21,22,23)/t7?,8-,9-/m0/s1. The van der Waals surface area contributed by atoms with Gasteiger partial charge in [-0.1, -0.05) is 0 Å². The minimum absolute atomic E-state index is 0.117. The lowest BCUT2D eigenvalue weighted by molar-refractivity contribution is -0.162. The highest BCUT2D eigenvalue weighted by Gasteiger charge is 2.62. The molecule has 3 rings (SSSR count). The molecule has 0 spiro atoms. The van der Waals surface area contributed by atoms with Gasteiger partial charge in [0, 0.05) is 13.0 Å². The van der Waals surface area contributed by atoms with Crippen molar-refractivity contribution in [1.29, 1.82) is 0 Å². The van der Waals surface area contributed by atoms with Gasteiger partial charge in [-0.25, -0.2) is 19.1 Å². The maximum Gasteiger partial charge on any atom is 0.418 e. The molecule has 0 aromatic rings. The van der Waals surface area contributed by atoms with Gasteiger partial charge in [0.1, 0.15) is 12.1 Å². The topological polar surface area (TPSA) is 138 Å². The number of carbonyl (C=O) groups excluding carboxylic acids is 2. The maximum absolute atomic E-state index is 14.3. The highest BCUT2D eigenvalue weighted by atomic mass is 32.3. The Hall–Kier alpha value is -1.61. The summed E-state index contributed by atoms with van der Waals surface area (Å²) in [5.74, 6) is -4.56. The van der Waals surface area contributed by atoms with Crippen molar-refractivity contribution < 1.29 is 40.5 Å². The molecule has 3 aliphatic rings. The Morgan fingerprint density at radius 3 is 2.77 bits per heavy atom. The van der Waals surface area contributed by atoms with Crippen LogP contribution in [0.2, 0.25) is 0 Å². The quantitative estimate of drug-likeness (QED) is 0.396. The fourth-order valence-electron chi connectivity index (χ4n) is 3.22. The molecule has 0 aromatic carbocycles. The van der Waals surface area contributed by atoms with E-state index in [-0.39, 0.29) is 11.2 Å². The lowest BCUT2D eigenvalue weighted by Gasteiger charge is -2.35. The minimum Gasteiger partial charge on any atom is -0.314 e. The van der Waals surface area contributed by atoms with Crippen LogP contribution in [0.5, 0.6) is 0 Å². The lowest BCUT2D eigenvalue weighted by atomic mass is 9.96. The molecule has 0 aromatic heterocycles. The third-order valence-electron chi connectivity index (χ3n) is 4.47. The van der Waals surface area contributed by atoms with E-state index in [9.17, 15) is 26.8 Å². The Labute approximate surface area is 147 Å². The number of piperidine rings is 2. The molecule has 26 heavy (non-hydrogen) atoms. The van der Waals surface area contributed by atoms with Gasteiger partial charge in [0.15, 0.2) is 0 Å². The average Bonchev–Trinajstić information content (AvgIpc) is 2.84. The third kappa shape index (κ3) is 3.88. The summed E-state index contributed by atoms with van der Waals surface area (Å²) in [5, 5.41) is 2.93. The first kappa shape index (κ1) is 19.2. The molecule has 3 amide bonds. The first-order valence-electron chi connectivity index (χ1n) is 7.89. The van der Waals surface area contributed by atoms with E-state index >= 15 is 0 Å². The molecule has 3 N–H and O–H groups in total. The average molecular weight is 400 g/mol. The Kier molecular flexibility index (Phi) is 5.04. The van der Waals surface area contributed by atoms with Gasteiger partial charge in [0.25, 0.3) is 11.8 Å². The summed E-state index contributed by atoms with van der Waals surface area (Å²) in [6.07, 6.45) is 0.149. The molecule has 3 fully saturated rings. The number of alkyl halides is 2. The fraction of sp³-hybridized carbons (Fsp3) is 0.833. The van der Waals surface area contributed by atoms with Gasteiger partial charge >= 0.3 is 16.4 Å². The van der Waals surface area contributed by atoms with Crippen molar-refractivity contribution in [3.8, 4) is 0 Å². The van der Waals surface area contributed by atoms with Crippen molar-refractivity contribution >= 4 is 22.3 Å². The van der Waals surface area contributed by atoms with E-state index in [1.165, 1.54) is 0 Å². The van der Waals surface area contributed by atoms with Gasteiger partial charge in [-0.15, -0.1) is 4.28 Å². The van der Waals surface area contributed by atoms with Crippen LogP contribution in [-0.4, -0.2) is 78.6 Å². The van der Waals surface area contributed by atoms with E-state index in [0.717, 1.165) is 17.9 Å². The van der Waals surface area contributed by atoms with Crippen molar-refractivity contribution in [2.75, 3.05) is 19.6 Å². The number of hydrogen-bond donors (Lipinski definition) is 3. The molecule has 3 aliphatic heterocycles. The summed E-state index contributed by atoms with van der Waals surface area (Å²) in [5.41, 5.74) is 2.09. The Morgan fingerprint density at radius 2 is 2.15 bits per heavy atom. The summed E-state index contributed by atoms with van der Waals surface area (Å²) in [7, 11) is -5.18. The number of hydroxylamine groups is 3. The van der Waals surface area contributed by atoms with Crippen LogP contribution < -0.4 is 10.8 Å². The second-order valence-electron chi connectivity index (χ2n) is 6.31. The van der Waals surface area contributed by atoms with E-state index in [4.69, 9.17) is 9.39 Å². The molecule has 3 atom stereocenters. The molecule has 0 radical (unpaired) electrons. The molecule has 0 saturated carbocycles. The normalized spacial score (nSPS) is 31.2. The number of carbonyl (C=O) groups is 2. The van der Waals surface area contributed by atoms with Gasteiger partial charge in [-0.05, 0) is 19.4 Å². The minimum atomic E-state index is -5.18. The van der Waals surface area contributed by atoms with Crippen molar-refractivity contribution in [1.82, 2.24) is 20.8 Å². The van der Waals surface area contributed by atoms with Crippen LogP contribution in [0.1, 0.15) is 19.3 Å². The number of fused-ring (bicyclic) bond motifs is 2. The zero-order chi connectivity index (χ0) is 19.1. The number of rotatable bonds is 5. The fourth-order valence-corrected chi connectivity index (χ4v) is 3.59. The molecule has 3 heterocycles. The third-order valence-corrected chi connectivity index (χ3v) is 4.82. The molecule has 0 aliphatic carbocycles. The Balaban J connectivity index is 1.69. The molecular formula is C12H18F2N4O7S. The van der Waals surface area contributed by atoms with Gasteiger partial charge in [-0.2, -0.15) is 13.5 Å². The second kappa shape index (κ2) is 6.84. The second-order valence-corrected chi connectivity index (χ2v) is 7.32. The zero-order valence-corrected chi connectivity index (χ0v) is 14.2. The lowest BCUT2D eigenvalue weighted by Crippen LogP contribution is -2.57. The van der Waals surface area contributed by atoms with Crippen molar-refractivity contribution in [3.63, 3.8) is 0 Å². The number of nitrogens with zero attached hydrogens (tertiary/aromatic N) is 2. The number of halogens is 2. The van der Waals surface area contributed by atoms with Crippen LogP contribution in [0.25, 0.3) is 0 Å². The first-order valence-corrected chi connectivity index (χ1v) is 9.26.